The van der Waals surface area contributed by atoms with Gasteiger partial charge in [0.15, 0.2) is 23.1 Å². The first kappa shape index (κ1) is 26.9. The Labute approximate surface area is 270 Å². The Morgan fingerprint density at radius 2 is 0.957 bits per heavy atom. The first-order valence-corrected chi connectivity index (χ1v) is 15.6. The van der Waals surface area contributed by atoms with Gasteiger partial charge in [-0.15, -0.1) is 0 Å². The Morgan fingerprint density at radius 3 is 1.77 bits per heavy atom. The van der Waals surface area contributed by atoms with E-state index in [0.717, 1.165) is 71.9 Å². The summed E-state index contributed by atoms with van der Waals surface area (Å²) in [7, 11) is 0. The normalized spacial score (nSPS) is 11.4. The van der Waals surface area contributed by atoms with Gasteiger partial charge in [0.2, 0.25) is 0 Å². The van der Waals surface area contributed by atoms with Gasteiger partial charge in [-0.3, -0.25) is 0 Å². The van der Waals surface area contributed by atoms with Crippen molar-refractivity contribution in [2.75, 3.05) is 0 Å². The van der Waals surface area contributed by atoms with Crippen molar-refractivity contribution in [2.24, 2.45) is 0 Å². The van der Waals surface area contributed by atoms with Crippen LogP contribution in [0.15, 0.2) is 162 Å². The molecule has 0 spiro atoms. The molecule has 3 heterocycles. The molecule has 0 bridgehead atoms. The topological polar surface area (TPSA) is 64.7 Å². The zero-order valence-corrected chi connectivity index (χ0v) is 25.2. The van der Waals surface area contributed by atoms with Crippen LogP contribution in [0.4, 0.5) is 0 Å². The third kappa shape index (κ3) is 4.73. The Morgan fingerprint density at radius 1 is 0.383 bits per heavy atom. The molecule has 0 aliphatic heterocycles. The van der Waals surface area contributed by atoms with Crippen molar-refractivity contribution >= 4 is 33.0 Å². The molecule has 0 fully saturated rings. The first-order valence-electron chi connectivity index (χ1n) is 15.6. The summed E-state index contributed by atoms with van der Waals surface area (Å²) in [6.45, 7) is 0. The van der Waals surface area contributed by atoms with Crippen molar-refractivity contribution in [3.8, 4) is 56.4 Å². The summed E-state index contributed by atoms with van der Waals surface area (Å²) < 4.78 is 6.56. The molecule has 5 nitrogen and oxygen atoms in total. The molecule has 47 heavy (non-hydrogen) atoms. The molecule has 0 N–H and O–H groups in total. The minimum Gasteiger partial charge on any atom is -0.454 e. The van der Waals surface area contributed by atoms with Gasteiger partial charge in [0, 0.05) is 33.0 Å². The number of fused-ring (bicyclic) bond motifs is 4. The van der Waals surface area contributed by atoms with Gasteiger partial charge >= 0.3 is 0 Å². The van der Waals surface area contributed by atoms with Crippen LogP contribution in [0.3, 0.4) is 0 Å². The number of nitrogens with zero attached hydrogens (tertiary/aromatic N) is 4. The number of rotatable bonds is 5. The number of pyridine rings is 1. The lowest BCUT2D eigenvalue weighted by Gasteiger charge is -2.14. The maximum atomic E-state index is 6.56. The maximum Gasteiger partial charge on any atom is 0.164 e. The molecule has 6 aromatic carbocycles. The predicted molar refractivity (Wildman–Crippen MR) is 190 cm³/mol. The van der Waals surface area contributed by atoms with Crippen molar-refractivity contribution in [1.29, 1.82) is 0 Å². The third-order valence-electron chi connectivity index (χ3n) is 8.53. The van der Waals surface area contributed by atoms with Gasteiger partial charge in [-0.2, -0.15) is 0 Å². The van der Waals surface area contributed by atoms with Gasteiger partial charge in [-0.1, -0.05) is 133 Å². The molecule has 9 aromatic rings. The quantitative estimate of drug-likeness (QED) is 0.196. The van der Waals surface area contributed by atoms with Crippen molar-refractivity contribution in [2.45, 2.75) is 0 Å². The zero-order chi connectivity index (χ0) is 31.2. The molecule has 0 saturated heterocycles. The van der Waals surface area contributed by atoms with E-state index in [0.29, 0.717) is 17.5 Å². The van der Waals surface area contributed by atoms with Crippen molar-refractivity contribution in [3.05, 3.63) is 158 Å². The van der Waals surface area contributed by atoms with Gasteiger partial charge in [-0.25, -0.2) is 19.9 Å². The lowest BCUT2D eigenvalue weighted by molar-refractivity contribution is 0.670. The standard InChI is InChI=1S/C42H26N4O/c1-3-14-27(15-4-1)29-18-13-19-30(26-29)41-44-40(28-16-5-2-6-17-28)45-42(46-41)32-21-8-7-20-31(32)37-33-22-9-11-24-35(33)43-38-34-23-10-12-25-36(34)47-39(37)38/h1-26H. The van der Waals surface area contributed by atoms with Crippen molar-refractivity contribution < 1.29 is 4.42 Å². The number of furan rings is 1. The highest BCUT2D eigenvalue weighted by atomic mass is 16.3. The summed E-state index contributed by atoms with van der Waals surface area (Å²) in [6.07, 6.45) is 0. The molecule has 0 saturated carbocycles. The summed E-state index contributed by atoms with van der Waals surface area (Å²) in [6, 6.07) is 53.3. The van der Waals surface area contributed by atoms with Crippen LogP contribution in [0.1, 0.15) is 0 Å². The van der Waals surface area contributed by atoms with Crippen LogP contribution in [0.2, 0.25) is 0 Å². The largest absolute Gasteiger partial charge is 0.454 e. The zero-order valence-electron chi connectivity index (χ0n) is 25.2. The number of hydrogen-bond donors (Lipinski definition) is 0. The molecule has 220 valence electrons. The molecule has 0 atom stereocenters. The molecule has 0 radical (unpaired) electrons. The Hall–Kier alpha value is -6.46. The van der Waals surface area contributed by atoms with Crippen LogP contribution in [0.25, 0.3) is 89.4 Å². The molecule has 9 rings (SSSR count). The van der Waals surface area contributed by atoms with Crippen molar-refractivity contribution in [1.82, 2.24) is 19.9 Å². The van der Waals surface area contributed by atoms with E-state index in [9.17, 15) is 0 Å². The second-order valence-electron chi connectivity index (χ2n) is 11.4. The van der Waals surface area contributed by atoms with Gasteiger partial charge in [0.1, 0.15) is 11.1 Å². The fourth-order valence-corrected chi connectivity index (χ4v) is 6.31. The minimum absolute atomic E-state index is 0.583. The molecule has 3 aromatic heterocycles. The van der Waals surface area contributed by atoms with Crippen LogP contribution in [-0.2, 0) is 0 Å². The van der Waals surface area contributed by atoms with E-state index in [-0.39, 0.29) is 0 Å². The lowest BCUT2D eigenvalue weighted by atomic mass is 9.95. The maximum absolute atomic E-state index is 6.56. The van der Waals surface area contributed by atoms with Crippen molar-refractivity contribution in [3.63, 3.8) is 0 Å². The molecule has 5 heteroatoms. The van der Waals surface area contributed by atoms with Gasteiger partial charge in [0.25, 0.3) is 0 Å². The lowest BCUT2D eigenvalue weighted by Crippen LogP contribution is -2.01. The average Bonchev–Trinajstić information content (AvgIpc) is 3.52. The Bertz CT molecular complexity index is 2580. The summed E-state index contributed by atoms with van der Waals surface area (Å²) in [5, 5.41) is 1.98. The van der Waals surface area contributed by atoms with E-state index in [1.807, 2.05) is 78.9 Å². The number of hydrogen-bond acceptors (Lipinski definition) is 5. The molecule has 0 unspecified atom stereocenters. The monoisotopic (exact) mass is 602 g/mol. The molecule has 0 aliphatic rings. The van der Waals surface area contributed by atoms with Gasteiger partial charge in [0.05, 0.1) is 5.52 Å². The Kier molecular flexibility index (Phi) is 6.39. The van der Waals surface area contributed by atoms with E-state index in [1.165, 1.54) is 0 Å². The number of benzene rings is 6. The summed E-state index contributed by atoms with van der Waals surface area (Å²) in [4.78, 5) is 20.3. The van der Waals surface area contributed by atoms with Crippen LogP contribution >= 0.6 is 0 Å². The summed E-state index contributed by atoms with van der Waals surface area (Å²) >= 11 is 0. The minimum atomic E-state index is 0.583. The van der Waals surface area contributed by atoms with Crippen LogP contribution in [0, 0.1) is 0 Å². The fourth-order valence-electron chi connectivity index (χ4n) is 6.31. The van der Waals surface area contributed by atoms with Crippen LogP contribution in [-0.4, -0.2) is 19.9 Å². The SMILES string of the molecule is c1ccc(-c2cccc(-c3nc(-c4ccccc4)nc(-c4ccccc4-c4c5ccccc5nc5c4oc4ccccc45)n3)c2)cc1. The van der Waals surface area contributed by atoms with Gasteiger partial charge < -0.3 is 4.42 Å². The highest BCUT2D eigenvalue weighted by Crippen LogP contribution is 2.42. The van der Waals surface area contributed by atoms with Crippen LogP contribution in [0.5, 0.6) is 0 Å². The van der Waals surface area contributed by atoms with E-state index in [4.69, 9.17) is 24.4 Å². The number of aromatic nitrogens is 4. The predicted octanol–water partition coefficient (Wildman–Crippen LogP) is 10.7. The highest BCUT2D eigenvalue weighted by molar-refractivity contribution is 6.16. The number of para-hydroxylation sites is 2. The molecule has 0 aliphatic carbocycles. The fraction of sp³-hybridized carbons (Fsp3) is 0. The van der Waals surface area contributed by atoms with E-state index in [1.54, 1.807) is 0 Å². The smallest absolute Gasteiger partial charge is 0.164 e. The summed E-state index contributed by atoms with van der Waals surface area (Å²) in [5.41, 5.74) is 10.2. The van der Waals surface area contributed by atoms with E-state index < -0.39 is 0 Å². The summed E-state index contributed by atoms with van der Waals surface area (Å²) in [5.74, 6) is 1.80. The first-order chi connectivity index (χ1) is 23.3. The van der Waals surface area contributed by atoms with Crippen LogP contribution < -0.4 is 0 Å². The van der Waals surface area contributed by atoms with E-state index in [2.05, 4.69) is 78.9 Å². The molecular weight excluding hydrogens is 576 g/mol. The molecule has 0 amide bonds. The second-order valence-corrected chi connectivity index (χ2v) is 11.4. The third-order valence-corrected chi connectivity index (χ3v) is 8.53. The highest BCUT2D eigenvalue weighted by Gasteiger charge is 2.22. The van der Waals surface area contributed by atoms with E-state index >= 15 is 0 Å². The average molecular weight is 603 g/mol. The molecular formula is C42H26N4O. The second kappa shape index (κ2) is 11.2. The Balaban J connectivity index is 1.31. The van der Waals surface area contributed by atoms with Gasteiger partial charge in [-0.05, 0) is 41.0 Å².